The zero-order valence-electron chi connectivity index (χ0n) is 9.45. The zero-order chi connectivity index (χ0) is 11.5. The molecular formula is C12H16N2O2. The number of rotatable bonds is 4. The molecule has 1 heterocycles. The third kappa shape index (κ3) is 1.89. The van der Waals surface area contributed by atoms with Crippen LogP contribution in [-0.4, -0.2) is 30.8 Å². The second-order valence-corrected chi connectivity index (χ2v) is 3.73. The molecule has 4 nitrogen and oxygen atoms in total. The lowest BCUT2D eigenvalue weighted by molar-refractivity contribution is 0.179. The van der Waals surface area contributed by atoms with Crippen LogP contribution in [0.4, 0.5) is 0 Å². The molecule has 0 aliphatic heterocycles. The number of aromatic amines is 1. The largest absolute Gasteiger partial charge is 0.497 e. The van der Waals surface area contributed by atoms with Crippen molar-refractivity contribution in [3.8, 4) is 5.75 Å². The molecule has 0 fully saturated rings. The van der Waals surface area contributed by atoms with Gasteiger partial charge >= 0.3 is 0 Å². The minimum Gasteiger partial charge on any atom is -0.497 e. The maximum Gasteiger partial charge on any atom is 0.120 e. The predicted molar refractivity (Wildman–Crippen MR) is 63.7 cm³/mol. The molecule has 1 atom stereocenters. The Morgan fingerprint density at radius 2 is 2.31 bits per heavy atom. The number of hydrogen-bond donors (Lipinski definition) is 3. The fraction of sp³-hybridized carbons (Fsp3) is 0.333. The van der Waals surface area contributed by atoms with Crippen LogP contribution in [0.3, 0.4) is 0 Å². The van der Waals surface area contributed by atoms with Gasteiger partial charge in [0.2, 0.25) is 0 Å². The highest BCUT2D eigenvalue weighted by Gasteiger charge is 2.12. The van der Waals surface area contributed by atoms with Crippen molar-refractivity contribution in [1.29, 1.82) is 0 Å². The fourth-order valence-corrected chi connectivity index (χ4v) is 1.83. The summed E-state index contributed by atoms with van der Waals surface area (Å²) >= 11 is 0. The number of ether oxygens (including phenoxy) is 1. The summed E-state index contributed by atoms with van der Waals surface area (Å²) in [7, 11) is 3.46. The number of hydrogen-bond acceptors (Lipinski definition) is 3. The Morgan fingerprint density at radius 3 is 3.00 bits per heavy atom. The Kier molecular flexibility index (Phi) is 3.12. The van der Waals surface area contributed by atoms with Gasteiger partial charge in [0.25, 0.3) is 0 Å². The number of likely N-dealkylation sites (N-methyl/N-ethyl adjacent to an activating group) is 1. The summed E-state index contributed by atoms with van der Waals surface area (Å²) in [5.74, 6) is 0.809. The summed E-state index contributed by atoms with van der Waals surface area (Å²) < 4.78 is 5.14. The highest BCUT2D eigenvalue weighted by Crippen LogP contribution is 2.26. The minimum absolute atomic E-state index is 0.493. The van der Waals surface area contributed by atoms with E-state index in [0.717, 1.165) is 22.2 Å². The smallest absolute Gasteiger partial charge is 0.120 e. The zero-order valence-corrected chi connectivity index (χ0v) is 9.45. The number of methoxy groups -OCH3 is 1. The summed E-state index contributed by atoms with van der Waals surface area (Å²) in [6, 6.07) is 5.77. The summed E-state index contributed by atoms with van der Waals surface area (Å²) in [5, 5.41) is 13.9. The molecule has 2 aromatic rings. The number of aromatic nitrogens is 1. The van der Waals surface area contributed by atoms with E-state index < -0.39 is 6.10 Å². The first-order chi connectivity index (χ1) is 7.76. The lowest BCUT2D eigenvalue weighted by Crippen LogP contribution is -2.16. The SMILES string of the molecule is CNCC(O)c1c[nH]c2cc(OC)ccc12. The van der Waals surface area contributed by atoms with Crippen LogP contribution in [0.1, 0.15) is 11.7 Å². The fourth-order valence-electron chi connectivity index (χ4n) is 1.83. The van der Waals surface area contributed by atoms with Gasteiger partial charge in [-0.25, -0.2) is 0 Å². The molecule has 0 saturated carbocycles. The van der Waals surface area contributed by atoms with Gasteiger partial charge in [-0.1, -0.05) is 0 Å². The van der Waals surface area contributed by atoms with E-state index in [-0.39, 0.29) is 0 Å². The van der Waals surface area contributed by atoms with Crippen LogP contribution >= 0.6 is 0 Å². The molecule has 0 bridgehead atoms. The van der Waals surface area contributed by atoms with E-state index >= 15 is 0 Å². The number of nitrogens with one attached hydrogen (secondary N) is 2. The van der Waals surface area contributed by atoms with Crippen molar-refractivity contribution in [2.45, 2.75) is 6.10 Å². The molecule has 1 aromatic carbocycles. The molecule has 0 aliphatic carbocycles. The summed E-state index contributed by atoms with van der Waals surface area (Å²) in [6.07, 6.45) is 1.35. The number of benzene rings is 1. The van der Waals surface area contributed by atoms with Crippen LogP contribution in [0.2, 0.25) is 0 Å². The Balaban J connectivity index is 2.41. The molecule has 0 spiro atoms. The monoisotopic (exact) mass is 220 g/mol. The average molecular weight is 220 g/mol. The Morgan fingerprint density at radius 1 is 1.50 bits per heavy atom. The van der Waals surface area contributed by atoms with E-state index in [4.69, 9.17) is 4.74 Å². The minimum atomic E-state index is -0.493. The van der Waals surface area contributed by atoms with E-state index in [1.165, 1.54) is 0 Å². The van der Waals surface area contributed by atoms with Crippen molar-refractivity contribution in [3.05, 3.63) is 30.0 Å². The van der Waals surface area contributed by atoms with Gasteiger partial charge in [-0.05, 0) is 19.2 Å². The van der Waals surface area contributed by atoms with Gasteiger partial charge < -0.3 is 20.1 Å². The van der Waals surface area contributed by atoms with Crippen LogP contribution in [0, 0.1) is 0 Å². The molecular weight excluding hydrogens is 204 g/mol. The number of H-pyrrole nitrogens is 1. The summed E-state index contributed by atoms with van der Waals surface area (Å²) in [6.45, 7) is 0.541. The Bertz CT molecular complexity index is 479. The van der Waals surface area contributed by atoms with Crippen molar-refractivity contribution in [2.24, 2.45) is 0 Å². The van der Waals surface area contributed by atoms with Gasteiger partial charge in [-0.2, -0.15) is 0 Å². The Hall–Kier alpha value is -1.52. The molecule has 1 unspecified atom stereocenters. The molecule has 1 aromatic heterocycles. The molecule has 0 aliphatic rings. The van der Waals surface area contributed by atoms with Gasteiger partial charge in [-0.15, -0.1) is 0 Å². The molecule has 0 saturated heterocycles. The lowest BCUT2D eigenvalue weighted by Gasteiger charge is -2.08. The van der Waals surface area contributed by atoms with Gasteiger partial charge in [0.05, 0.1) is 13.2 Å². The van der Waals surface area contributed by atoms with Crippen LogP contribution in [-0.2, 0) is 0 Å². The van der Waals surface area contributed by atoms with Crippen molar-refractivity contribution >= 4 is 10.9 Å². The second kappa shape index (κ2) is 4.55. The van der Waals surface area contributed by atoms with Crippen molar-refractivity contribution in [2.75, 3.05) is 20.7 Å². The highest BCUT2D eigenvalue weighted by atomic mass is 16.5. The predicted octanol–water partition coefficient (Wildman–Crippen LogP) is 1.43. The van der Waals surface area contributed by atoms with E-state index in [0.29, 0.717) is 6.54 Å². The van der Waals surface area contributed by atoms with Crippen molar-refractivity contribution in [3.63, 3.8) is 0 Å². The average Bonchev–Trinajstić information content (AvgIpc) is 2.71. The second-order valence-electron chi connectivity index (χ2n) is 3.73. The molecule has 16 heavy (non-hydrogen) atoms. The van der Waals surface area contributed by atoms with Gasteiger partial charge in [0, 0.05) is 35.3 Å². The molecule has 4 heteroatoms. The van der Waals surface area contributed by atoms with E-state index in [9.17, 15) is 5.11 Å². The maximum atomic E-state index is 9.92. The van der Waals surface area contributed by atoms with Gasteiger partial charge in [-0.3, -0.25) is 0 Å². The number of fused-ring (bicyclic) bond motifs is 1. The molecule has 0 amide bonds. The van der Waals surface area contributed by atoms with E-state index in [2.05, 4.69) is 10.3 Å². The topological polar surface area (TPSA) is 57.3 Å². The molecule has 0 radical (unpaired) electrons. The standard InChI is InChI=1S/C12H16N2O2/c1-13-7-12(15)10-6-14-11-5-8(16-2)3-4-9(10)11/h3-6,12-15H,7H2,1-2H3. The molecule has 86 valence electrons. The molecule has 2 rings (SSSR count). The van der Waals surface area contributed by atoms with Gasteiger partial charge in [0.15, 0.2) is 0 Å². The normalized spacial score (nSPS) is 12.9. The van der Waals surface area contributed by atoms with Crippen LogP contribution in [0.15, 0.2) is 24.4 Å². The highest BCUT2D eigenvalue weighted by molar-refractivity contribution is 5.84. The van der Waals surface area contributed by atoms with Crippen LogP contribution in [0.25, 0.3) is 10.9 Å². The first-order valence-electron chi connectivity index (χ1n) is 5.24. The number of aliphatic hydroxyl groups is 1. The first kappa shape index (κ1) is 11.0. The number of aliphatic hydroxyl groups excluding tert-OH is 1. The Labute approximate surface area is 94.2 Å². The summed E-state index contributed by atoms with van der Waals surface area (Å²) in [4.78, 5) is 3.13. The van der Waals surface area contributed by atoms with Crippen molar-refractivity contribution in [1.82, 2.24) is 10.3 Å². The third-order valence-corrected chi connectivity index (χ3v) is 2.68. The van der Waals surface area contributed by atoms with Gasteiger partial charge in [0.1, 0.15) is 5.75 Å². The van der Waals surface area contributed by atoms with E-state index in [1.54, 1.807) is 7.11 Å². The van der Waals surface area contributed by atoms with Crippen LogP contribution in [0.5, 0.6) is 5.75 Å². The maximum absolute atomic E-state index is 9.92. The first-order valence-corrected chi connectivity index (χ1v) is 5.24. The lowest BCUT2D eigenvalue weighted by atomic mass is 10.1. The van der Waals surface area contributed by atoms with E-state index in [1.807, 2.05) is 31.4 Å². The van der Waals surface area contributed by atoms with Crippen LogP contribution < -0.4 is 10.1 Å². The van der Waals surface area contributed by atoms with Crippen molar-refractivity contribution < 1.29 is 9.84 Å². The third-order valence-electron chi connectivity index (χ3n) is 2.68. The quantitative estimate of drug-likeness (QED) is 0.730. The summed E-state index contributed by atoms with van der Waals surface area (Å²) in [5.41, 5.74) is 1.89. The molecule has 3 N–H and O–H groups in total.